The highest BCUT2D eigenvalue weighted by molar-refractivity contribution is 7.89. The lowest BCUT2D eigenvalue weighted by atomic mass is 10.2. The number of carbonyl (C=O) groups is 2. The van der Waals surface area contributed by atoms with Crippen LogP contribution in [0.4, 0.5) is 10.1 Å². The van der Waals surface area contributed by atoms with Crippen molar-refractivity contribution in [1.82, 2.24) is 4.31 Å². The molecule has 0 saturated carbocycles. The minimum atomic E-state index is -3.91. The Morgan fingerprint density at radius 1 is 1.10 bits per heavy atom. The van der Waals surface area contributed by atoms with E-state index < -0.39 is 33.8 Å². The van der Waals surface area contributed by atoms with Gasteiger partial charge < -0.3 is 10.1 Å². The third-order valence-corrected chi connectivity index (χ3v) is 7.18. The number of sulfonamides is 1. The Morgan fingerprint density at radius 3 is 2.32 bits per heavy atom. The molecule has 0 aromatic heterocycles. The van der Waals surface area contributed by atoms with Gasteiger partial charge in [-0.05, 0) is 43.3 Å². The molecule has 0 fully saturated rings. The zero-order valence-electron chi connectivity index (χ0n) is 17.0. The number of carbonyl (C=O) groups excluding carboxylic acids is 2. The van der Waals surface area contributed by atoms with E-state index in [2.05, 4.69) is 5.32 Å². The van der Waals surface area contributed by atoms with Crippen molar-refractivity contribution in [3.63, 3.8) is 0 Å². The molecule has 1 amide bonds. The zero-order chi connectivity index (χ0) is 23.3. The number of nitrogens with one attached hydrogen (secondary N) is 1. The number of halogens is 3. The summed E-state index contributed by atoms with van der Waals surface area (Å²) in [6.45, 7) is 5.15. The van der Waals surface area contributed by atoms with Crippen molar-refractivity contribution in [2.45, 2.75) is 31.8 Å². The molecule has 31 heavy (non-hydrogen) atoms. The number of anilines is 1. The Balaban J connectivity index is 2.19. The quantitative estimate of drug-likeness (QED) is 0.555. The van der Waals surface area contributed by atoms with Crippen LogP contribution in [-0.4, -0.2) is 43.8 Å². The monoisotopic (exact) mass is 490 g/mol. The van der Waals surface area contributed by atoms with Gasteiger partial charge in [-0.1, -0.05) is 37.0 Å². The predicted octanol–water partition coefficient (Wildman–Crippen LogP) is 4.35. The molecule has 7 nitrogen and oxygen atoms in total. The van der Waals surface area contributed by atoms with Crippen LogP contribution in [0.5, 0.6) is 0 Å². The van der Waals surface area contributed by atoms with E-state index in [0.717, 1.165) is 18.2 Å². The highest BCUT2D eigenvalue weighted by atomic mass is 35.5. The second kappa shape index (κ2) is 10.4. The molecule has 1 unspecified atom stereocenters. The lowest BCUT2D eigenvalue weighted by Crippen LogP contribution is -2.31. The maximum absolute atomic E-state index is 13.1. The van der Waals surface area contributed by atoms with Gasteiger partial charge in [0.1, 0.15) is 10.7 Å². The van der Waals surface area contributed by atoms with Crippen molar-refractivity contribution < 1.29 is 27.1 Å². The van der Waals surface area contributed by atoms with E-state index in [0.29, 0.717) is 0 Å². The second-order valence-electron chi connectivity index (χ2n) is 6.40. The number of benzene rings is 2. The summed E-state index contributed by atoms with van der Waals surface area (Å²) in [6.07, 6.45) is -1.24. The van der Waals surface area contributed by atoms with Crippen LogP contribution in [0.3, 0.4) is 0 Å². The lowest BCUT2D eigenvalue weighted by molar-refractivity contribution is -0.123. The summed E-state index contributed by atoms with van der Waals surface area (Å²) in [5.74, 6) is -2.19. The molecule has 2 aromatic rings. The van der Waals surface area contributed by atoms with Gasteiger partial charge in [0.05, 0.1) is 21.3 Å². The predicted molar refractivity (Wildman–Crippen MR) is 116 cm³/mol. The number of nitrogens with zero attached hydrogens (tertiary/aromatic N) is 1. The van der Waals surface area contributed by atoms with Gasteiger partial charge in [-0.15, -0.1) is 0 Å². The molecule has 11 heteroatoms. The number of ether oxygens (including phenoxy) is 1. The summed E-state index contributed by atoms with van der Waals surface area (Å²) in [4.78, 5) is 24.6. The van der Waals surface area contributed by atoms with Gasteiger partial charge in [0.2, 0.25) is 10.0 Å². The maximum Gasteiger partial charge on any atom is 0.338 e. The molecule has 0 spiro atoms. The number of rotatable bonds is 8. The van der Waals surface area contributed by atoms with Crippen LogP contribution in [0, 0.1) is 5.82 Å². The fourth-order valence-electron chi connectivity index (χ4n) is 2.64. The van der Waals surface area contributed by atoms with Gasteiger partial charge in [-0.25, -0.2) is 17.6 Å². The highest BCUT2D eigenvalue weighted by Crippen LogP contribution is 2.27. The molecule has 1 atom stereocenters. The molecule has 0 aliphatic rings. The standard InChI is InChI=1S/C20H21Cl2FN2O5S/c1-4-25(5-2)31(28,29)18-10-13(6-8-15(18)21)20(27)30-12(3)19(26)24-17-9-7-14(23)11-16(17)22/h6-12H,4-5H2,1-3H3,(H,24,26). The Labute approximate surface area is 190 Å². The Kier molecular flexibility index (Phi) is 8.41. The smallest absolute Gasteiger partial charge is 0.338 e. The topological polar surface area (TPSA) is 92.8 Å². The first kappa shape index (κ1) is 25.1. The minimum Gasteiger partial charge on any atom is -0.449 e. The molecule has 0 saturated heterocycles. The van der Waals surface area contributed by atoms with E-state index in [9.17, 15) is 22.4 Å². The fourth-order valence-corrected chi connectivity index (χ4v) is 4.81. The first-order chi connectivity index (χ1) is 14.5. The zero-order valence-corrected chi connectivity index (χ0v) is 19.3. The summed E-state index contributed by atoms with van der Waals surface area (Å²) in [6, 6.07) is 7.10. The maximum atomic E-state index is 13.1. The van der Waals surface area contributed by atoms with Crippen LogP contribution < -0.4 is 5.32 Å². The van der Waals surface area contributed by atoms with Gasteiger partial charge in [0, 0.05) is 13.1 Å². The third kappa shape index (κ3) is 5.94. The van der Waals surface area contributed by atoms with E-state index in [1.54, 1.807) is 13.8 Å². The summed E-state index contributed by atoms with van der Waals surface area (Å²) in [5.41, 5.74) is 0.0599. The summed E-state index contributed by atoms with van der Waals surface area (Å²) in [7, 11) is -3.91. The van der Waals surface area contributed by atoms with Crippen LogP contribution in [0.1, 0.15) is 31.1 Å². The van der Waals surface area contributed by atoms with Crippen molar-refractivity contribution in [2.24, 2.45) is 0 Å². The molecular formula is C20H21Cl2FN2O5S. The van der Waals surface area contributed by atoms with E-state index in [4.69, 9.17) is 27.9 Å². The Morgan fingerprint density at radius 2 is 1.74 bits per heavy atom. The van der Waals surface area contributed by atoms with Crippen LogP contribution in [0.2, 0.25) is 10.0 Å². The van der Waals surface area contributed by atoms with Crippen LogP contribution in [0.15, 0.2) is 41.3 Å². The SMILES string of the molecule is CCN(CC)S(=O)(=O)c1cc(C(=O)OC(C)C(=O)Nc2ccc(F)cc2Cl)ccc1Cl. The van der Waals surface area contributed by atoms with Gasteiger partial charge in [-0.3, -0.25) is 4.79 Å². The number of hydrogen-bond acceptors (Lipinski definition) is 5. The number of amides is 1. The average Bonchev–Trinajstić information content (AvgIpc) is 2.70. The van der Waals surface area contributed by atoms with Gasteiger partial charge >= 0.3 is 5.97 Å². The molecular weight excluding hydrogens is 470 g/mol. The Bertz CT molecular complexity index is 1090. The van der Waals surface area contributed by atoms with Gasteiger partial charge in [0.15, 0.2) is 6.10 Å². The molecule has 0 aliphatic heterocycles. The average molecular weight is 491 g/mol. The summed E-state index contributed by atoms with van der Waals surface area (Å²) < 4.78 is 45.0. The van der Waals surface area contributed by atoms with Gasteiger partial charge in [0.25, 0.3) is 5.91 Å². The molecule has 1 N–H and O–H groups in total. The lowest BCUT2D eigenvalue weighted by Gasteiger charge is -2.20. The summed E-state index contributed by atoms with van der Waals surface area (Å²) in [5, 5.41) is 2.37. The molecule has 0 radical (unpaired) electrons. The van der Waals surface area contributed by atoms with Crippen molar-refractivity contribution >= 4 is 50.8 Å². The van der Waals surface area contributed by atoms with E-state index in [-0.39, 0.29) is 39.3 Å². The number of esters is 1. The number of hydrogen-bond donors (Lipinski definition) is 1. The highest BCUT2D eigenvalue weighted by Gasteiger charge is 2.27. The first-order valence-electron chi connectivity index (χ1n) is 9.27. The van der Waals surface area contributed by atoms with Crippen molar-refractivity contribution in [2.75, 3.05) is 18.4 Å². The van der Waals surface area contributed by atoms with E-state index >= 15 is 0 Å². The minimum absolute atomic E-state index is 0.0178. The van der Waals surface area contributed by atoms with E-state index in [1.807, 2.05) is 0 Å². The van der Waals surface area contributed by atoms with Crippen LogP contribution in [0.25, 0.3) is 0 Å². The normalized spacial score (nSPS) is 12.5. The van der Waals surface area contributed by atoms with Gasteiger partial charge in [-0.2, -0.15) is 4.31 Å². The molecule has 2 aromatic carbocycles. The van der Waals surface area contributed by atoms with Crippen molar-refractivity contribution in [1.29, 1.82) is 0 Å². The molecule has 0 heterocycles. The first-order valence-corrected chi connectivity index (χ1v) is 11.5. The molecule has 2 rings (SSSR count). The Hall–Kier alpha value is -2.20. The fraction of sp³-hybridized carbons (Fsp3) is 0.300. The molecule has 168 valence electrons. The molecule has 0 bridgehead atoms. The van der Waals surface area contributed by atoms with Crippen molar-refractivity contribution in [3.05, 3.63) is 57.8 Å². The van der Waals surface area contributed by atoms with E-state index in [1.165, 1.54) is 29.4 Å². The second-order valence-corrected chi connectivity index (χ2v) is 9.12. The van der Waals surface area contributed by atoms with Crippen molar-refractivity contribution in [3.8, 4) is 0 Å². The largest absolute Gasteiger partial charge is 0.449 e. The third-order valence-electron chi connectivity index (χ3n) is 4.33. The van der Waals surface area contributed by atoms with Crippen LogP contribution in [-0.2, 0) is 19.6 Å². The summed E-state index contributed by atoms with van der Waals surface area (Å²) >= 11 is 11.9. The van der Waals surface area contributed by atoms with Crippen LogP contribution >= 0.6 is 23.2 Å². The molecule has 0 aliphatic carbocycles.